The van der Waals surface area contributed by atoms with Crippen LogP contribution in [0.2, 0.25) is 0 Å². The van der Waals surface area contributed by atoms with Crippen molar-refractivity contribution in [1.29, 1.82) is 0 Å². The summed E-state index contributed by atoms with van der Waals surface area (Å²) in [5.74, 6) is -0.175. The van der Waals surface area contributed by atoms with Crippen molar-refractivity contribution in [2.24, 2.45) is 0 Å². The third-order valence-corrected chi connectivity index (χ3v) is 7.29. The van der Waals surface area contributed by atoms with E-state index in [-0.39, 0.29) is 17.4 Å². The van der Waals surface area contributed by atoms with Crippen LogP contribution in [-0.2, 0) is 19.6 Å². The molecule has 8 nitrogen and oxygen atoms in total. The highest BCUT2D eigenvalue weighted by molar-refractivity contribution is 7.93. The van der Waals surface area contributed by atoms with Crippen LogP contribution < -0.4 is 14.4 Å². The molecule has 0 bridgehead atoms. The van der Waals surface area contributed by atoms with Crippen molar-refractivity contribution in [3.63, 3.8) is 0 Å². The molecule has 9 heteroatoms. The number of amides is 1. The Labute approximate surface area is 181 Å². The first-order valence-electron chi connectivity index (χ1n) is 10.2. The number of nitrogens with one attached hydrogen (secondary N) is 1. The first kappa shape index (κ1) is 21.2. The van der Waals surface area contributed by atoms with E-state index in [4.69, 9.17) is 9.47 Å². The monoisotopic (exact) mass is 444 g/mol. The predicted octanol–water partition coefficient (Wildman–Crippen LogP) is 2.41. The van der Waals surface area contributed by atoms with Gasteiger partial charge in [-0.2, -0.15) is 0 Å². The third-order valence-electron chi connectivity index (χ3n) is 5.42. The first-order chi connectivity index (χ1) is 14.8. The van der Waals surface area contributed by atoms with Crippen LogP contribution >= 0.6 is 0 Å². The summed E-state index contributed by atoms with van der Waals surface area (Å²) < 4.78 is 36.3. The smallest absolute Gasteiger partial charge is 0.338 e. The van der Waals surface area contributed by atoms with Crippen molar-refractivity contribution in [2.75, 3.05) is 23.2 Å². The zero-order valence-electron chi connectivity index (χ0n) is 17.1. The van der Waals surface area contributed by atoms with Gasteiger partial charge in [-0.1, -0.05) is 18.2 Å². The van der Waals surface area contributed by atoms with E-state index in [1.54, 1.807) is 12.1 Å². The van der Waals surface area contributed by atoms with E-state index in [1.165, 1.54) is 23.4 Å². The highest BCUT2D eigenvalue weighted by atomic mass is 32.2. The quantitative estimate of drug-likeness (QED) is 0.711. The van der Waals surface area contributed by atoms with E-state index in [9.17, 15) is 18.0 Å². The summed E-state index contributed by atoms with van der Waals surface area (Å²) in [6.07, 6.45) is 0.224. The summed E-state index contributed by atoms with van der Waals surface area (Å²) in [6, 6.07) is 13.5. The van der Waals surface area contributed by atoms with Gasteiger partial charge in [0.15, 0.2) is 6.10 Å². The maximum absolute atomic E-state index is 12.6. The lowest BCUT2D eigenvalue weighted by Crippen LogP contribution is -2.39. The number of rotatable bonds is 5. The fourth-order valence-electron chi connectivity index (χ4n) is 3.76. The number of carbonyl (C=O) groups is 2. The van der Waals surface area contributed by atoms with Crippen LogP contribution in [0.15, 0.2) is 48.5 Å². The van der Waals surface area contributed by atoms with Crippen molar-refractivity contribution in [2.45, 2.75) is 31.9 Å². The molecule has 0 aliphatic carbocycles. The molecule has 4 rings (SSSR count). The minimum Gasteiger partial charge on any atom is -0.493 e. The maximum atomic E-state index is 12.6. The summed E-state index contributed by atoms with van der Waals surface area (Å²) >= 11 is 0. The molecule has 31 heavy (non-hydrogen) atoms. The van der Waals surface area contributed by atoms with Crippen LogP contribution in [0, 0.1) is 0 Å². The zero-order valence-corrected chi connectivity index (χ0v) is 17.9. The number of nitrogens with zero attached hydrogens (tertiary/aromatic N) is 1. The topological polar surface area (TPSA) is 102 Å². The first-order valence-corrected chi connectivity index (χ1v) is 11.8. The fourth-order valence-corrected chi connectivity index (χ4v) is 5.32. The molecule has 2 aliphatic heterocycles. The van der Waals surface area contributed by atoms with Gasteiger partial charge in [-0.05, 0) is 43.7 Å². The van der Waals surface area contributed by atoms with Gasteiger partial charge in [-0.15, -0.1) is 0 Å². The van der Waals surface area contributed by atoms with E-state index in [2.05, 4.69) is 5.32 Å². The Balaban J connectivity index is 1.37. The molecule has 164 valence electrons. The summed E-state index contributed by atoms with van der Waals surface area (Å²) in [5, 5.41) is 2.92. The molecular formula is C22H24N2O6S. The highest BCUT2D eigenvalue weighted by Crippen LogP contribution is 2.31. The van der Waals surface area contributed by atoms with Crippen molar-refractivity contribution < 1.29 is 27.5 Å². The van der Waals surface area contributed by atoms with Gasteiger partial charge in [0.1, 0.15) is 5.75 Å². The average Bonchev–Trinajstić information content (AvgIpc) is 3.13. The largest absolute Gasteiger partial charge is 0.493 e. The molecule has 1 N–H and O–H groups in total. The Morgan fingerprint density at radius 3 is 2.61 bits per heavy atom. The van der Waals surface area contributed by atoms with Crippen LogP contribution in [0.4, 0.5) is 5.69 Å². The van der Waals surface area contributed by atoms with Crippen LogP contribution in [0.25, 0.3) is 0 Å². The number of ether oxygens (including phenoxy) is 2. The van der Waals surface area contributed by atoms with Gasteiger partial charge in [-0.3, -0.25) is 9.10 Å². The molecule has 2 aromatic carbocycles. The average molecular weight is 445 g/mol. The Hall–Kier alpha value is -3.07. The second-order valence-corrected chi connectivity index (χ2v) is 9.59. The number of hydrogen-bond acceptors (Lipinski definition) is 6. The van der Waals surface area contributed by atoms with Crippen molar-refractivity contribution >= 4 is 27.6 Å². The van der Waals surface area contributed by atoms with Crippen LogP contribution in [0.5, 0.6) is 5.75 Å². The van der Waals surface area contributed by atoms with Crippen LogP contribution in [-0.4, -0.2) is 45.3 Å². The number of benzene rings is 2. The predicted molar refractivity (Wildman–Crippen MR) is 115 cm³/mol. The van der Waals surface area contributed by atoms with Gasteiger partial charge >= 0.3 is 5.97 Å². The standard InChI is InChI=1S/C22H24N2O6S/c1-15(21(25)23-19-11-13-29-20-6-3-2-5-18(19)20)30-22(26)16-7-9-17(10-8-16)24-12-4-14-31(24,27)28/h2-3,5-10,15,19H,4,11-14H2,1H3,(H,23,25). The molecule has 2 aliphatic rings. The molecule has 2 unspecified atom stereocenters. The van der Waals surface area contributed by atoms with Crippen molar-refractivity contribution in [1.82, 2.24) is 5.32 Å². The van der Waals surface area contributed by atoms with Crippen LogP contribution in [0.3, 0.4) is 0 Å². The molecule has 0 saturated carbocycles. The summed E-state index contributed by atoms with van der Waals surface area (Å²) in [4.78, 5) is 25.0. The second-order valence-electron chi connectivity index (χ2n) is 7.57. The number of sulfonamides is 1. The van der Waals surface area contributed by atoms with E-state index < -0.39 is 28.0 Å². The van der Waals surface area contributed by atoms with Crippen molar-refractivity contribution in [3.8, 4) is 5.75 Å². The molecule has 2 heterocycles. The Bertz CT molecular complexity index is 1080. The van der Waals surface area contributed by atoms with Gasteiger partial charge in [-0.25, -0.2) is 13.2 Å². The number of para-hydroxylation sites is 1. The molecule has 0 aromatic heterocycles. The Morgan fingerprint density at radius 2 is 1.90 bits per heavy atom. The number of fused-ring (bicyclic) bond motifs is 1. The van der Waals surface area contributed by atoms with Crippen molar-refractivity contribution in [3.05, 3.63) is 59.7 Å². The SMILES string of the molecule is CC(OC(=O)c1ccc(N2CCCS2(=O)=O)cc1)C(=O)NC1CCOc2ccccc21. The zero-order chi connectivity index (χ0) is 22.0. The number of esters is 1. The lowest BCUT2D eigenvalue weighted by Gasteiger charge is -2.27. The molecule has 1 fully saturated rings. The lowest BCUT2D eigenvalue weighted by molar-refractivity contribution is -0.130. The second kappa shape index (κ2) is 8.58. The molecule has 1 amide bonds. The molecule has 2 aromatic rings. The Kier molecular flexibility index (Phi) is 5.86. The third kappa shape index (κ3) is 4.51. The van der Waals surface area contributed by atoms with Gasteiger partial charge in [0.2, 0.25) is 10.0 Å². The fraction of sp³-hybridized carbons (Fsp3) is 0.364. The molecule has 0 radical (unpaired) electrons. The van der Waals surface area contributed by atoms with Gasteiger partial charge in [0, 0.05) is 18.5 Å². The van der Waals surface area contributed by atoms with E-state index in [0.29, 0.717) is 31.7 Å². The number of carbonyl (C=O) groups excluding carboxylic acids is 2. The number of hydrogen-bond donors (Lipinski definition) is 1. The van der Waals surface area contributed by atoms with Crippen LogP contribution in [0.1, 0.15) is 41.7 Å². The summed E-state index contributed by atoms with van der Waals surface area (Å²) in [7, 11) is -3.28. The highest BCUT2D eigenvalue weighted by Gasteiger charge is 2.29. The molecule has 0 spiro atoms. The van der Waals surface area contributed by atoms with E-state index >= 15 is 0 Å². The maximum Gasteiger partial charge on any atom is 0.338 e. The normalized spacial score (nSPS) is 20.3. The van der Waals surface area contributed by atoms with Gasteiger partial charge < -0.3 is 14.8 Å². The van der Waals surface area contributed by atoms with Gasteiger partial charge in [0.05, 0.1) is 29.7 Å². The number of anilines is 1. The minimum atomic E-state index is -3.28. The summed E-state index contributed by atoms with van der Waals surface area (Å²) in [6.45, 7) is 2.44. The minimum absolute atomic E-state index is 0.126. The van der Waals surface area contributed by atoms with E-state index in [0.717, 1.165) is 11.3 Å². The molecular weight excluding hydrogens is 420 g/mol. The Morgan fingerprint density at radius 1 is 1.16 bits per heavy atom. The molecule has 1 saturated heterocycles. The summed E-state index contributed by atoms with van der Waals surface area (Å²) in [5.41, 5.74) is 1.66. The van der Waals surface area contributed by atoms with E-state index in [1.807, 2.05) is 24.3 Å². The molecule has 2 atom stereocenters. The lowest BCUT2D eigenvalue weighted by atomic mass is 10.0. The van der Waals surface area contributed by atoms with Gasteiger partial charge in [0.25, 0.3) is 5.91 Å².